The fraction of sp³-hybridized carbons (Fsp3) is 0.727. The molecule has 1 saturated heterocycles. The maximum Gasteiger partial charge on any atom is 0.185 e. The van der Waals surface area contributed by atoms with E-state index < -0.39 is 6.10 Å². The summed E-state index contributed by atoms with van der Waals surface area (Å²) < 4.78 is 5.35. The molecule has 0 bridgehead atoms. The summed E-state index contributed by atoms with van der Waals surface area (Å²) in [5.74, 6) is 0. The highest BCUT2D eigenvalue weighted by Crippen LogP contribution is 2.26. The predicted molar refractivity (Wildman–Crippen MR) is 65.0 cm³/mol. The van der Waals surface area contributed by atoms with Crippen LogP contribution >= 0.6 is 11.3 Å². The van der Waals surface area contributed by atoms with Crippen LogP contribution in [0, 0.1) is 0 Å². The first kappa shape index (κ1) is 11.8. The van der Waals surface area contributed by atoms with Crippen LogP contribution in [0.2, 0.25) is 0 Å². The van der Waals surface area contributed by atoms with E-state index in [-0.39, 0.29) is 0 Å². The van der Waals surface area contributed by atoms with Crippen LogP contribution in [0.3, 0.4) is 0 Å². The first-order valence-corrected chi connectivity index (χ1v) is 6.50. The number of hydrogen-bond donors (Lipinski definition) is 1. The lowest BCUT2D eigenvalue weighted by molar-refractivity contribution is 0.0854. The fourth-order valence-electron chi connectivity index (χ4n) is 1.86. The average Bonchev–Trinajstić information content (AvgIpc) is 2.78. The molecule has 0 spiro atoms. The minimum Gasteiger partial charge on any atom is -0.387 e. The molecular formula is C11H18N2O2S. The summed E-state index contributed by atoms with van der Waals surface area (Å²) in [6.45, 7) is 3.42. The van der Waals surface area contributed by atoms with Crippen LogP contribution in [-0.4, -0.2) is 36.4 Å². The van der Waals surface area contributed by atoms with Crippen molar-refractivity contribution in [1.29, 1.82) is 0 Å². The minimum atomic E-state index is -0.479. The van der Waals surface area contributed by atoms with E-state index in [0.29, 0.717) is 6.04 Å². The topological polar surface area (TPSA) is 45.6 Å². The highest BCUT2D eigenvalue weighted by atomic mass is 32.1. The largest absolute Gasteiger partial charge is 0.387 e. The van der Waals surface area contributed by atoms with Crippen molar-refractivity contribution in [1.82, 2.24) is 4.98 Å². The molecule has 1 aromatic heterocycles. The third-order valence-electron chi connectivity index (χ3n) is 2.98. The van der Waals surface area contributed by atoms with Crippen LogP contribution in [-0.2, 0) is 4.74 Å². The lowest BCUT2D eigenvalue weighted by Gasteiger charge is -2.30. The Balaban J connectivity index is 2.04. The molecular weight excluding hydrogens is 224 g/mol. The van der Waals surface area contributed by atoms with Crippen LogP contribution < -0.4 is 4.90 Å². The van der Waals surface area contributed by atoms with Crippen molar-refractivity contribution in [3.05, 3.63) is 11.1 Å². The van der Waals surface area contributed by atoms with Gasteiger partial charge >= 0.3 is 0 Å². The summed E-state index contributed by atoms with van der Waals surface area (Å²) in [7, 11) is 2.07. The number of ether oxygens (including phenoxy) is 1. The normalized spacial score (nSPS) is 19.7. The summed E-state index contributed by atoms with van der Waals surface area (Å²) in [6.07, 6.45) is 1.63. The standard InChI is InChI=1S/C11H18N2O2S/c1-8(14)10-7-16-11(12-10)13(2)9-3-5-15-6-4-9/h7-9,14H,3-6H2,1-2H3. The highest BCUT2D eigenvalue weighted by molar-refractivity contribution is 7.13. The van der Waals surface area contributed by atoms with Crippen LogP contribution in [0.5, 0.6) is 0 Å². The molecule has 1 aliphatic rings. The smallest absolute Gasteiger partial charge is 0.185 e. The van der Waals surface area contributed by atoms with Gasteiger partial charge in [0.05, 0.1) is 11.8 Å². The molecule has 4 nitrogen and oxygen atoms in total. The Kier molecular flexibility index (Phi) is 3.78. The van der Waals surface area contributed by atoms with Gasteiger partial charge in [-0.05, 0) is 19.8 Å². The Labute approximate surface area is 99.9 Å². The Morgan fingerprint density at radius 1 is 1.56 bits per heavy atom. The van der Waals surface area contributed by atoms with Crippen molar-refractivity contribution in [2.24, 2.45) is 0 Å². The van der Waals surface area contributed by atoms with Gasteiger partial charge in [0.2, 0.25) is 0 Å². The molecule has 1 atom stereocenters. The fourth-order valence-corrected chi connectivity index (χ4v) is 2.81. The van der Waals surface area contributed by atoms with E-state index >= 15 is 0 Å². The number of aliphatic hydroxyl groups excluding tert-OH is 1. The molecule has 0 aliphatic carbocycles. The van der Waals surface area contributed by atoms with Gasteiger partial charge in [0, 0.05) is 31.7 Å². The van der Waals surface area contributed by atoms with Gasteiger partial charge < -0.3 is 14.7 Å². The molecule has 90 valence electrons. The van der Waals surface area contributed by atoms with Crippen molar-refractivity contribution >= 4 is 16.5 Å². The molecule has 1 aromatic rings. The van der Waals surface area contributed by atoms with E-state index in [2.05, 4.69) is 16.9 Å². The molecule has 1 aliphatic heterocycles. The van der Waals surface area contributed by atoms with Gasteiger partial charge in [-0.3, -0.25) is 0 Å². The number of thiazole rings is 1. The number of aromatic nitrogens is 1. The number of nitrogens with zero attached hydrogens (tertiary/aromatic N) is 2. The van der Waals surface area contributed by atoms with Crippen molar-refractivity contribution in [2.75, 3.05) is 25.2 Å². The lowest BCUT2D eigenvalue weighted by atomic mass is 10.1. The molecule has 2 rings (SSSR count). The molecule has 1 N–H and O–H groups in total. The van der Waals surface area contributed by atoms with E-state index in [1.807, 2.05) is 5.38 Å². The summed E-state index contributed by atoms with van der Waals surface area (Å²) >= 11 is 1.59. The van der Waals surface area contributed by atoms with Crippen molar-refractivity contribution in [2.45, 2.75) is 31.9 Å². The van der Waals surface area contributed by atoms with Gasteiger partial charge in [-0.2, -0.15) is 0 Å². The Hall–Kier alpha value is -0.650. The second-order valence-corrected chi connectivity index (χ2v) is 5.02. The molecule has 1 unspecified atom stereocenters. The van der Waals surface area contributed by atoms with Crippen LogP contribution in [0.1, 0.15) is 31.6 Å². The number of rotatable bonds is 3. The molecule has 2 heterocycles. The van der Waals surface area contributed by atoms with Crippen LogP contribution in [0.25, 0.3) is 0 Å². The van der Waals surface area contributed by atoms with E-state index in [4.69, 9.17) is 4.74 Å². The molecule has 0 aromatic carbocycles. The van der Waals surface area contributed by atoms with Gasteiger partial charge in [-0.15, -0.1) is 11.3 Å². The molecule has 5 heteroatoms. The number of hydrogen-bond acceptors (Lipinski definition) is 5. The molecule has 0 saturated carbocycles. The van der Waals surface area contributed by atoms with Crippen molar-refractivity contribution in [3.8, 4) is 0 Å². The lowest BCUT2D eigenvalue weighted by Crippen LogP contribution is -2.36. The molecule has 16 heavy (non-hydrogen) atoms. The highest BCUT2D eigenvalue weighted by Gasteiger charge is 2.21. The maximum atomic E-state index is 9.43. The van der Waals surface area contributed by atoms with Gasteiger partial charge in [0.15, 0.2) is 5.13 Å². The van der Waals surface area contributed by atoms with Gasteiger partial charge in [0.25, 0.3) is 0 Å². The minimum absolute atomic E-state index is 0.479. The zero-order valence-electron chi connectivity index (χ0n) is 9.72. The third kappa shape index (κ3) is 2.53. The monoisotopic (exact) mass is 242 g/mol. The number of aliphatic hydroxyl groups is 1. The summed E-state index contributed by atoms with van der Waals surface area (Å²) in [4.78, 5) is 6.65. The van der Waals surface area contributed by atoms with Crippen LogP contribution in [0.15, 0.2) is 5.38 Å². The van der Waals surface area contributed by atoms with Gasteiger partial charge in [-0.1, -0.05) is 0 Å². The van der Waals surface area contributed by atoms with E-state index in [0.717, 1.165) is 36.9 Å². The average molecular weight is 242 g/mol. The Morgan fingerprint density at radius 3 is 2.81 bits per heavy atom. The Morgan fingerprint density at radius 2 is 2.25 bits per heavy atom. The predicted octanol–water partition coefficient (Wildman–Crippen LogP) is 1.81. The van der Waals surface area contributed by atoms with Crippen molar-refractivity contribution < 1.29 is 9.84 Å². The summed E-state index contributed by atoms with van der Waals surface area (Å²) in [5.41, 5.74) is 0.763. The second-order valence-electron chi connectivity index (χ2n) is 4.19. The van der Waals surface area contributed by atoms with Crippen LogP contribution in [0.4, 0.5) is 5.13 Å². The molecule has 0 amide bonds. The zero-order valence-corrected chi connectivity index (χ0v) is 10.5. The second kappa shape index (κ2) is 5.12. The molecule has 1 fully saturated rings. The van der Waals surface area contributed by atoms with Gasteiger partial charge in [-0.25, -0.2) is 4.98 Å². The van der Waals surface area contributed by atoms with Crippen molar-refractivity contribution in [3.63, 3.8) is 0 Å². The summed E-state index contributed by atoms with van der Waals surface area (Å²) in [5, 5.41) is 12.3. The van der Waals surface area contributed by atoms with E-state index in [9.17, 15) is 5.11 Å². The zero-order chi connectivity index (χ0) is 11.5. The molecule has 0 radical (unpaired) electrons. The number of anilines is 1. The van der Waals surface area contributed by atoms with E-state index in [1.54, 1.807) is 18.3 Å². The quantitative estimate of drug-likeness (QED) is 0.878. The van der Waals surface area contributed by atoms with E-state index in [1.165, 1.54) is 0 Å². The first-order chi connectivity index (χ1) is 7.68. The summed E-state index contributed by atoms with van der Waals surface area (Å²) in [6, 6.07) is 0.516. The Bertz CT molecular complexity index is 334. The SMILES string of the molecule is CC(O)c1csc(N(C)C2CCOCC2)n1. The maximum absolute atomic E-state index is 9.43. The first-order valence-electron chi connectivity index (χ1n) is 5.62. The third-order valence-corrected chi connectivity index (χ3v) is 3.93. The van der Waals surface area contributed by atoms with Gasteiger partial charge in [0.1, 0.15) is 0 Å².